The molecule has 11 heteroatoms. The van der Waals surface area contributed by atoms with Gasteiger partial charge in [0.2, 0.25) is 10.0 Å². The van der Waals surface area contributed by atoms with E-state index in [0.717, 1.165) is 12.1 Å². The molecule has 0 atom stereocenters. The molecule has 0 unspecified atom stereocenters. The molecule has 2 aromatic carbocycles. The van der Waals surface area contributed by atoms with E-state index in [1.54, 1.807) is 22.9 Å². The number of sulfonamides is 1. The smallest absolute Gasteiger partial charge is 0.255 e. The summed E-state index contributed by atoms with van der Waals surface area (Å²) in [5.41, 5.74) is -1.35. The van der Waals surface area contributed by atoms with Crippen LogP contribution in [0, 0.1) is 11.6 Å². The van der Waals surface area contributed by atoms with Crippen LogP contribution in [0.15, 0.2) is 42.5 Å². The van der Waals surface area contributed by atoms with Crippen molar-refractivity contribution in [1.29, 1.82) is 0 Å². The van der Waals surface area contributed by atoms with E-state index in [2.05, 4.69) is 5.32 Å². The Balaban J connectivity index is 2.32. The summed E-state index contributed by atoms with van der Waals surface area (Å²) in [6.45, 7) is 0. The summed E-state index contributed by atoms with van der Waals surface area (Å²) in [5, 5.41) is 0.847. The maximum atomic E-state index is 14.4. The highest BCUT2D eigenvalue weighted by Gasteiger charge is 2.23. The predicted octanol–water partition coefficient (Wildman–Crippen LogP) is 1.96. The normalized spacial score (nSPS) is 11.8. The number of anilines is 2. The summed E-state index contributed by atoms with van der Waals surface area (Å²) in [5.74, 6) is -3.34. The molecular weight excluding hydrogens is 390 g/mol. The Labute approximate surface area is 149 Å². The van der Waals surface area contributed by atoms with E-state index in [-0.39, 0.29) is 5.56 Å². The van der Waals surface area contributed by atoms with Gasteiger partial charge < -0.3 is 5.32 Å². The molecule has 140 valence electrons. The zero-order chi connectivity index (χ0) is 19.5. The first kappa shape index (κ1) is 19.8. The summed E-state index contributed by atoms with van der Waals surface area (Å²) in [6, 6.07) is 9.42. The second kappa shape index (κ2) is 7.38. The van der Waals surface area contributed by atoms with Crippen LogP contribution in [-0.4, -0.2) is 34.1 Å². The van der Waals surface area contributed by atoms with Gasteiger partial charge in [-0.05, 0) is 24.3 Å². The van der Waals surface area contributed by atoms with E-state index < -0.39 is 53.9 Å². The van der Waals surface area contributed by atoms with Gasteiger partial charge in [0, 0.05) is 11.8 Å². The number of hydrogen-bond donors (Lipinski definition) is 2. The number of halogens is 2. The quantitative estimate of drug-likeness (QED) is 0.765. The number of benzene rings is 2. The SMILES string of the molecule is CS(=O)(=O)CS(=O)(=O)Nc1c(F)ccc(NC(=O)c2ccccc2)c1F. The maximum Gasteiger partial charge on any atom is 0.255 e. The fraction of sp³-hybridized carbons (Fsp3) is 0.133. The zero-order valence-electron chi connectivity index (χ0n) is 13.4. The van der Waals surface area contributed by atoms with Crippen LogP contribution in [0.4, 0.5) is 20.2 Å². The standard InChI is InChI=1S/C15H14F2N2O5S2/c1-25(21,22)9-26(23,24)19-14-11(16)7-8-12(13(14)17)18-15(20)10-5-3-2-4-6-10/h2-8,19H,9H2,1H3,(H,18,20). The number of carbonyl (C=O) groups is 1. The third-order valence-electron chi connectivity index (χ3n) is 3.00. The molecule has 0 saturated heterocycles. The van der Waals surface area contributed by atoms with Crippen molar-refractivity contribution in [3.63, 3.8) is 0 Å². The van der Waals surface area contributed by atoms with Crippen LogP contribution in [0.25, 0.3) is 0 Å². The molecule has 0 radical (unpaired) electrons. The molecule has 0 heterocycles. The van der Waals surface area contributed by atoms with Gasteiger partial charge in [0.1, 0.15) is 11.5 Å². The van der Waals surface area contributed by atoms with Crippen LogP contribution in [0.2, 0.25) is 0 Å². The first-order valence-corrected chi connectivity index (χ1v) is 10.7. The van der Waals surface area contributed by atoms with Gasteiger partial charge in [-0.3, -0.25) is 9.52 Å². The van der Waals surface area contributed by atoms with Gasteiger partial charge in [-0.1, -0.05) is 18.2 Å². The highest BCUT2D eigenvalue weighted by Crippen LogP contribution is 2.27. The molecule has 0 bridgehead atoms. The topological polar surface area (TPSA) is 109 Å². The molecule has 0 saturated carbocycles. The molecule has 0 aliphatic carbocycles. The van der Waals surface area contributed by atoms with Crippen LogP contribution in [0.5, 0.6) is 0 Å². The summed E-state index contributed by atoms with van der Waals surface area (Å²) < 4.78 is 75.6. The molecule has 2 N–H and O–H groups in total. The fourth-order valence-corrected chi connectivity index (χ4v) is 4.98. The van der Waals surface area contributed by atoms with Crippen LogP contribution >= 0.6 is 0 Å². The zero-order valence-corrected chi connectivity index (χ0v) is 15.0. The lowest BCUT2D eigenvalue weighted by Crippen LogP contribution is -2.23. The van der Waals surface area contributed by atoms with E-state index in [1.165, 1.54) is 12.1 Å². The Kier molecular flexibility index (Phi) is 5.62. The first-order chi connectivity index (χ1) is 12.0. The third kappa shape index (κ3) is 5.23. The van der Waals surface area contributed by atoms with Gasteiger partial charge in [-0.15, -0.1) is 0 Å². The Morgan fingerprint density at radius 3 is 2.19 bits per heavy atom. The number of amides is 1. The second-order valence-electron chi connectivity index (χ2n) is 5.36. The number of rotatable bonds is 6. The fourth-order valence-electron chi connectivity index (χ4n) is 1.99. The molecule has 0 spiro atoms. The third-order valence-corrected chi connectivity index (χ3v) is 6.47. The van der Waals surface area contributed by atoms with Crippen molar-refractivity contribution in [2.45, 2.75) is 0 Å². The molecule has 0 aliphatic heterocycles. The lowest BCUT2D eigenvalue weighted by atomic mass is 10.2. The van der Waals surface area contributed by atoms with Crippen LogP contribution in [-0.2, 0) is 19.9 Å². The van der Waals surface area contributed by atoms with Gasteiger partial charge in [-0.2, -0.15) is 0 Å². The molecular formula is C15H14F2N2O5S2. The molecule has 7 nitrogen and oxygen atoms in total. The van der Waals surface area contributed by atoms with Gasteiger partial charge in [0.05, 0.1) is 5.69 Å². The van der Waals surface area contributed by atoms with Crippen molar-refractivity contribution in [2.24, 2.45) is 0 Å². The van der Waals surface area contributed by atoms with Gasteiger partial charge in [-0.25, -0.2) is 25.6 Å². The van der Waals surface area contributed by atoms with E-state index in [0.29, 0.717) is 6.26 Å². The minimum absolute atomic E-state index is 0.204. The predicted molar refractivity (Wildman–Crippen MR) is 93.0 cm³/mol. The molecule has 2 rings (SSSR count). The number of sulfone groups is 1. The Morgan fingerprint density at radius 2 is 1.62 bits per heavy atom. The first-order valence-electron chi connectivity index (χ1n) is 7.01. The summed E-state index contributed by atoms with van der Waals surface area (Å²) >= 11 is 0. The molecule has 0 aliphatic rings. The van der Waals surface area contributed by atoms with Crippen molar-refractivity contribution in [3.8, 4) is 0 Å². The van der Waals surface area contributed by atoms with Crippen molar-refractivity contribution in [3.05, 3.63) is 59.7 Å². The lowest BCUT2D eigenvalue weighted by Gasteiger charge is -2.13. The van der Waals surface area contributed by atoms with Crippen molar-refractivity contribution < 1.29 is 30.4 Å². The monoisotopic (exact) mass is 404 g/mol. The van der Waals surface area contributed by atoms with Crippen LogP contribution in [0.1, 0.15) is 10.4 Å². The van der Waals surface area contributed by atoms with Crippen molar-refractivity contribution in [1.82, 2.24) is 0 Å². The second-order valence-corrected chi connectivity index (χ2v) is 9.59. The van der Waals surface area contributed by atoms with Gasteiger partial charge >= 0.3 is 0 Å². The molecule has 0 fully saturated rings. The highest BCUT2D eigenvalue weighted by atomic mass is 32.3. The molecule has 1 amide bonds. The Bertz CT molecular complexity index is 1040. The van der Waals surface area contributed by atoms with E-state index in [9.17, 15) is 30.4 Å². The van der Waals surface area contributed by atoms with Gasteiger partial charge in [0.15, 0.2) is 20.7 Å². The van der Waals surface area contributed by atoms with E-state index >= 15 is 0 Å². The maximum absolute atomic E-state index is 14.4. The van der Waals surface area contributed by atoms with Crippen molar-refractivity contribution in [2.75, 3.05) is 21.4 Å². The molecule has 0 aromatic heterocycles. The van der Waals surface area contributed by atoms with E-state index in [1.807, 2.05) is 0 Å². The lowest BCUT2D eigenvalue weighted by molar-refractivity contribution is 0.102. The minimum Gasteiger partial charge on any atom is -0.319 e. The van der Waals surface area contributed by atoms with Gasteiger partial charge in [0.25, 0.3) is 5.91 Å². The molecule has 26 heavy (non-hydrogen) atoms. The summed E-state index contributed by atoms with van der Waals surface area (Å²) in [4.78, 5) is 12.0. The molecule has 2 aromatic rings. The Morgan fingerprint density at radius 1 is 1.00 bits per heavy atom. The van der Waals surface area contributed by atoms with Crippen molar-refractivity contribution >= 4 is 37.1 Å². The minimum atomic E-state index is -4.57. The largest absolute Gasteiger partial charge is 0.319 e. The number of nitrogens with one attached hydrogen (secondary N) is 2. The number of carbonyl (C=O) groups excluding carboxylic acids is 1. The van der Waals surface area contributed by atoms with E-state index in [4.69, 9.17) is 0 Å². The Hall–Kier alpha value is -2.53. The average Bonchev–Trinajstić information content (AvgIpc) is 2.52. The van der Waals surface area contributed by atoms with Crippen LogP contribution in [0.3, 0.4) is 0 Å². The van der Waals surface area contributed by atoms with Crippen LogP contribution < -0.4 is 10.0 Å². The average molecular weight is 404 g/mol. The summed E-state index contributed by atoms with van der Waals surface area (Å²) in [7, 11) is -8.52. The number of hydrogen-bond acceptors (Lipinski definition) is 5. The highest BCUT2D eigenvalue weighted by molar-refractivity contribution is 8.08. The summed E-state index contributed by atoms with van der Waals surface area (Å²) in [6.07, 6.45) is 0.662.